The Morgan fingerprint density at radius 2 is 2.07 bits per heavy atom. The van der Waals surface area contributed by atoms with E-state index >= 15 is 0 Å². The van der Waals surface area contributed by atoms with Crippen LogP contribution in [0, 0.1) is 0 Å². The van der Waals surface area contributed by atoms with E-state index < -0.39 is 0 Å². The van der Waals surface area contributed by atoms with Crippen molar-refractivity contribution < 1.29 is 14.0 Å². The van der Waals surface area contributed by atoms with Crippen LogP contribution in [0.1, 0.15) is 0 Å². The Labute approximate surface area is 158 Å². The molecule has 0 fully saturated rings. The lowest BCUT2D eigenvalue weighted by Gasteiger charge is -2.13. The first-order valence-electron chi connectivity index (χ1n) is 7.95. The molecule has 27 heavy (non-hydrogen) atoms. The summed E-state index contributed by atoms with van der Waals surface area (Å²) in [5.74, 6) is 2.68. The largest absolute Gasteiger partial charge is 0.497 e. The number of methoxy groups -OCH3 is 2. The quantitative estimate of drug-likeness (QED) is 0.535. The van der Waals surface area contributed by atoms with Crippen molar-refractivity contribution in [1.29, 1.82) is 0 Å². The average molecular weight is 381 g/mol. The van der Waals surface area contributed by atoms with E-state index in [-0.39, 0.29) is 0 Å². The lowest BCUT2D eigenvalue weighted by Crippen LogP contribution is -2.00. The first-order chi connectivity index (χ1) is 13.3. The van der Waals surface area contributed by atoms with Gasteiger partial charge in [-0.05, 0) is 23.6 Å². The molecule has 1 N–H and O–H groups in total. The fourth-order valence-electron chi connectivity index (χ4n) is 2.45. The minimum atomic E-state index is 0.328. The number of anilines is 2. The summed E-state index contributed by atoms with van der Waals surface area (Å²) in [7, 11) is 3.19. The normalized spacial score (nSPS) is 10.6. The molecule has 136 valence electrons. The van der Waals surface area contributed by atoms with Gasteiger partial charge in [0.2, 0.25) is 5.82 Å². The highest BCUT2D eigenvalue weighted by Crippen LogP contribution is 2.34. The van der Waals surface area contributed by atoms with Crippen molar-refractivity contribution >= 4 is 22.8 Å². The average Bonchev–Trinajstić information content (AvgIpc) is 3.40. The van der Waals surface area contributed by atoms with E-state index in [4.69, 9.17) is 14.0 Å². The summed E-state index contributed by atoms with van der Waals surface area (Å²) in [6, 6.07) is 9.32. The second kappa shape index (κ2) is 7.42. The molecule has 3 aromatic heterocycles. The Kier molecular flexibility index (Phi) is 4.67. The lowest BCUT2D eigenvalue weighted by molar-refractivity contribution is 0.395. The molecule has 0 bridgehead atoms. The smallest absolute Gasteiger partial charge is 0.263 e. The third-order valence-electron chi connectivity index (χ3n) is 3.77. The highest BCUT2D eigenvalue weighted by atomic mass is 32.1. The maximum absolute atomic E-state index is 5.42. The number of ether oxygens (including phenoxy) is 2. The Bertz CT molecular complexity index is 1050. The highest BCUT2D eigenvalue weighted by molar-refractivity contribution is 7.13. The zero-order valence-electron chi connectivity index (χ0n) is 14.5. The molecule has 4 aromatic rings. The molecule has 1 aromatic carbocycles. The van der Waals surface area contributed by atoms with Crippen LogP contribution in [0.3, 0.4) is 0 Å². The molecule has 0 spiro atoms. The number of aromatic nitrogens is 4. The van der Waals surface area contributed by atoms with Crippen LogP contribution >= 0.6 is 11.3 Å². The van der Waals surface area contributed by atoms with Crippen LogP contribution in [0.5, 0.6) is 11.5 Å². The van der Waals surface area contributed by atoms with Gasteiger partial charge in [0, 0.05) is 12.3 Å². The van der Waals surface area contributed by atoms with Crippen LogP contribution in [0.2, 0.25) is 0 Å². The molecule has 0 radical (unpaired) electrons. The first kappa shape index (κ1) is 17.0. The summed E-state index contributed by atoms with van der Waals surface area (Å²) < 4.78 is 16.1. The molecular weight excluding hydrogens is 366 g/mol. The topological polar surface area (TPSA) is 95.2 Å². The monoisotopic (exact) mass is 381 g/mol. The minimum Gasteiger partial charge on any atom is -0.497 e. The van der Waals surface area contributed by atoms with E-state index in [1.807, 2.05) is 29.6 Å². The van der Waals surface area contributed by atoms with Crippen molar-refractivity contribution in [3.8, 4) is 33.7 Å². The molecule has 3 heterocycles. The van der Waals surface area contributed by atoms with Gasteiger partial charge >= 0.3 is 0 Å². The lowest BCUT2D eigenvalue weighted by atomic mass is 10.2. The number of nitrogens with zero attached hydrogens (tertiary/aromatic N) is 4. The molecule has 0 saturated carbocycles. The highest BCUT2D eigenvalue weighted by Gasteiger charge is 2.17. The first-order valence-corrected chi connectivity index (χ1v) is 8.83. The maximum atomic E-state index is 5.42. The van der Waals surface area contributed by atoms with Gasteiger partial charge in [-0.1, -0.05) is 11.2 Å². The van der Waals surface area contributed by atoms with Crippen LogP contribution in [0.15, 0.2) is 52.8 Å². The molecular formula is C18H15N5O3S. The van der Waals surface area contributed by atoms with E-state index in [0.29, 0.717) is 34.6 Å². The summed E-state index contributed by atoms with van der Waals surface area (Å²) in [6.45, 7) is 0. The second-order valence-corrected chi connectivity index (χ2v) is 6.32. The summed E-state index contributed by atoms with van der Waals surface area (Å²) in [5.41, 5.74) is 1.31. The Morgan fingerprint density at radius 1 is 1.15 bits per heavy atom. The Hall–Kier alpha value is -3.46. The van der Waals surface area contributed by atoms with E-state index in [1.165, 1.54) is 17.7 Å². The predicted octanol–water partition coefficient (Wildman–Crippen LogP) is 4.02. The van der Waals surface area contributed by atoms with Crippen molar-refractivity contribution in [1.82, 2.24) is 20.1 Å². The van der Waals surface area contributed by atoms with Crippen molar-refractivity contribution in [2.45, 2.75) is 0 Å². The summed E-state index contributed by atoms with van der Waals surface area (Å²) >= 11 is 1.54. The standard InChI is InChI=1S/C18H15N5O3S/c1-24-11-5-6-13(14(8-11)25-2)21-16-12(9-19-10-20-16)18-22-17(23-26-18)15-4-3-7-27-15/h3-10H,1-2H3,(H,19,20,21). The van der Waals surface area contributed by atoms with E-state index in [0.717, 1.165) is 10.6 Å². The third kappa shape index (κ3) is 3.44. The zero-order chi connectivity index (χ0) is 18.6. The summed E-state index contributed by atoms with van der Waals surface area (Å²) in [5, 5.41) is 9.23. The van der Waals surface area contributed by atoms with Gasteiger partial charge in [0.15, 0.2) is 0 Å². The molecule has 0 amide bonds. The SMILES string of the molecule is COc1ccc(Nc2ncncc2-c2nc(-c3cccs3)no2)c(OC)c1. The fraction of sp³-hybridized carbons (Fsp3) is 0.111. The summed E-state index contributed by atoms with van der Waals surface area (Å²) in [6.07, 6.45) is 3.06. The van der Waals surface area contributed by atoms with E-state index in [9.17, 15) is 0 Å². The Balaban J connectivity index is 1.68. The fourth-order valence-corrected chi connectivity index (χ4v) is 3.10. The van der Waals surface area contributed by atoms with Crippen molar-refractivity contribution in [3.63, 3.8) is 0 Å². The van der Waals surface area contributed by atoms with Crippen LogP contribution in [0.25, 0.3) is 22.2 Å². The molecule has 8 nitrogen and oxygen atoms in total. The second-order valence-electron chi connectivity index (χ2n) is 5.38. The van der Waals surface area contributed by atoms with Crippen LogP contribution in [-0.4, -0.2) is 34.3 Å². The number of thiophene rings is 1. The van der Waals surface area contributed by atoms with E-state index in [1.54, 1.807) is 26.5 Å². The van der Waals surface area contributed by atoms with Gasteiger partial charge in [0.1, 0.15) is 29.2 Å². The number of hydrogen-bond donors (Lipinski definition) is 1. The van der Waals surface area contributed by atoms with Gasteiger partial charge in [-0.25, -0.2) is 9.97 Å². The predicted molar refractivity (Wildman–Crippen MR) is 101 cm³/mol. The number of rotatable bonds is 6. The number of nitrogens with one attached hydrogen (secondary N) is 1. The molecule has 0 aliphatic heterocycles. The molecule has 0 saturated heterocycles. The number of benzene rings is 1. The van der Waals surface area contributed by atoms with Gasteiger partial charge in [0.25, 0.3) is 5.89 Å². The summed E-state index contributed by atoms with van der Waals surface area (Å²) in [4.78, 5) is 13.8. The number of hydrogen-bond acceptors (Lipinski definition) is 9. The molecule has 0 aliphatic rings. The van der Waals surface area contributed by atoms with Crippen molar-refractivity contribution in [3.05, 3.63) is 48.2 Å². The third-order valence-corrected chi connectivity index (χ3v) is 4.64. The van der Waals surface area contributed by atoms with Gasteiger partial charge in [-0.15, -0.1) is 11.3 Å². The van der Waals surface area contributed by atoms with Gasteiger partial charge < -0.3 is 19.3 Å². The molecule has 4 rings (SSSR count). The molecule has 0 atom stereocenters. The Morgan fingerprint density at radius 3 is 2.85 bits per heavy atom. The molecule has 0 aliphatic carbocycles. The van der Waals surface area contributed by atoms with Crippen LogP contribution in [-0.2, 0) is 0 Å². The van der Waals surface area contributed by atoms with Gasteiger partial charge in [-0.3, -0.25) is 0 Å². The maximum Gasteiger partial charge on any atom is 0.263 e. The minimum absolute atomic E-state index is 0.328. The van der Waals surface area contributed by atoms with Gasteiger partial charge in [-0.2, -0.15) is 4.98 Å². The van der Waals surface area contributed by atoms with E-state index in [2.05, 4.69) is 25.4 Å². The molecule has 9 heteroatoms. The van der Waals surface area contributed by atoms with Gasteiger partial charge in [0.05, 0.1) is 24.8 Å². The van der Waals surface area contributed by atoms with Crippen molar-refractivity contribution in [2.75, 3.05) is 19.5 Å². The van der Waals surface area contributed by atoms with Crippen molar-refractivity contribution in [2.24, 2.45) is 0 Å². The molecule has 0 unspecified atom stereocenters. The zero-order valence-corrected chi connectivity index (χ0v) is 15.4. The van der Waals surface area contributed by atoms with Crippen LogP contribution in [0.4, 0.5) is 11.5 Å². The van der Waals surface area contributed by atoms with Crippen LogP contribution < -0.4 is 14.8 Å².